The molecule has 0 aliphatic carbocycles. The van der Waals surface area contributed by atoms with Crippen LogP contribution in [0.15, 0.2) is 47.5 Å². The Bertz CT molecular complexity index is 589. The number of nitrogens with one attached hydrogen (secondary N) is 2. The molecule has 1 aromatic heterocycles. The van der Waals surface area contributed by atoms with E-state index in [0.717, 1.165) is 11.8 Å². The summed E-state index contributed by atoms with van der Waals surface area (Å²) in [5, 5.41) is 2.67. The molecule has 2 rings (SSSR count). The van der Waals surface area contributed by atoms with E-state index in [4.69, 9.17) is 5.73 Å². The molecule has 1 unspecified atom stereocenters. The van der Waals surface area contributed by atoms with Gasteiger partial charge in [0.05, 0.1) is 6.20 Å². The molecular weight excluding hydrogens is 244 g/mol. The fourth-order valence-corrected chi connectivity index (χ4v) is 1.58. The van der Waals surface area contributed by atoms with Gasteiger partial charge in [-0.2, -0.15) is 0 Å². The number of carbonyl (C=O) groups is 1. The summed E-state index contributed by atoms with van der Waals surface area (Å²) in [6.45, 7) is 0.295. The average molecular weight is 258 g/mol. The lowest BCUT2D eigenvalue weighted by Gasteiger charge is -2.12. The van der Waals surface area contributed by atoms with Crippen LogP contribution in [0.2, 0.25) is 0 Å². The van der Waals surface area contributed by atoms with Crippen LogP contribution in [0.3, 0.4) is 0 Å². The van der Waals surface area contributed by atoms with Crippen LogP contribution in [-0.2, 0) is 0 Å². The van der Waals surface area contributed by atoms with E-state index in [2.05, 4.69) is 15.3 Å². The largest absolute Gasteiger partial charge is 0.349 e. The highest BCUT2D eigenvalue weighted by molar-refractivity contribution is 5.91. The maximum atomic E-state index is 11.7. The Labute approximate surface area is 109 Å². The van der Waals surface area contributed by atoms with Crippen molar-refractivity contribution in [2.24, 2.45) is 5.73 Å². The normalized spacial score (nSPS) is 11.8. The number of rotatable bonds is 4. The van der Waals surface area contributed by atoms with Gasteiger partial charge in [-0.1, -0.05) is 30.3 Å². The second-order valence-corrected chi connectivity index (χ2v) is 4.02. The third-order valence-electron chi connectivity index (χ3n) is 2.61. The fourth-order valence-electron chi connectivity index (χ4n) is 1.58. The molecule has 0 fully saturated rings. The Balaban J connectivity index is 1.94. The van der Waals surface area contributed by atoms with Crippen LogP contribution in [-0.4, -0.2) is 22.4 Å². The van der Waals surface area contributed by atoms with Crippen LogP contribution in [0.5, 0.6) is 0 Å². The molecule has 98 valence electrons. The zero-order chi connectivity index (χ0) is 13.7. The minimum atomic E-state index is -0.373. The van der Waals surface area contributed by atoms with Crippen LogP contribution in [0, 0.1) is 0 Å². The second-order valence-electron chi connectivity index (χ2n) is 4.02. The summed E-state index contributed by atoms with van der Waals surface area (Å²) in [6.07, 6.45) is 2.33. The fraction of sp³-hybridized carbons (Fsp3) is 0.154. The number of carbonyl (C=O) groups excluding carboxylic acids is 1. The van der Waals surface area contributed by atoms with Gasteiger partial charge in [-0.3, -0.25) is 9.59 Å². The SMILES string of the molecule is NC(CNC(=O)c1c[nH]c(=O)cn1)c1ccccc1. The van der Waals surface area contributed by atoms with E-state index in [0.29, 0.717) is 6.54 Å². The van der Waals surface area contributed by atoms with Gasteiger partial charge in [0.15, 0.2) is 0 Å². The molecule has 6 nitrogen and oxygen atoms in total. The molecule has 1 aromatic carbocycles. The molecule has 1 heterocycles. The smallest absolute Gasteiger partial charge is 0.271 e. The summed E-state index contributed by atoms with van der Waals surface area (Å²) in [7, 11) is 0. The lowest BCUT2D eigenvalue weighted by atomic mass is 10.1. The van der Waals surface area contributed by atoms with Crippen molar-refractivity contribution in [2.45, 2.75) is 6.04 Å². The first kappa shape index (κ1) is 13.0. The third-order valence-corrected chi connectivity index (χ3v) is 2.61. The van der Waals surface area contributed by atoms with Gasteiger partial charge < -0.3 is 16.0 Å². The zero-order valence-corrected chi connectivity index (χ0v) is 10.2. The number of H-pyrrole nitrogens is 1. The number of nitrogens with two attached hydrogens (primary N) is 1. The average Bonchev–Trinajstić information content (AvgIpc) is 2.46. The Morgan fingerprint density at radius 2 is 2.11 bits per heavy atom. The van der Waals surface area contributed by atoms with E-state index < -0.39 is 0 Å². The third kappa shape index (κ3) is 3.49. The Kier molecular flexibility index (Phi) is 4.04. The molecule has 0 radical (unpaired) electrons. The van der Waals surface area contributed by atoms with E-state index in [1.165, 1.54) is 6.20 Å². The lowest BCUT2D eigenvalue weighted by Crippen LogP contribution is -2.32. The summed E-state index contributed by atoms with van der Waals surface area (Å²) in [4.78, 5) is 28.7. The standard InChI is InChI=1S/C13H14N4O2/c14-10(9-4-2-1-3-5-9)6-17-13(19)11-7-16-12(18)8-15-11/h1-5,7-8,10H,6,14H2,(H,16,18)(H,17,19). The summed E-state index contributed by atoms with van der Waals surface area (Å²) in [5.74, 6) is -0.373. The van der Waals surface area contributed by atoms with E-state index in [9.17, 15) is 9.59 Å². The molecule has 6 heteroatoms. The van der Waals surface area contributed by atoms with Gasteiger partial charge in [-0.15, -0.1) is 0 Å². The van der Waals surface area contributed by atoms with Crippen molar-refractivity contribution >= 4 is 5.91 Å². The van der Waals surface area contributed by atoms with Crippen LogP contribution in [0.25, 0.3) is 0 Å². The van der Waals surface area contributed by atoms with E-state index in [-0.39, 0.29) is 23.2 Å². The first-order chi connectivity index (χ1) is 9.16. The van der Waals surface area contributed by atoms with Gasteiger partial charge in [0.25, 0.3) is 11.5 Å². The number of aromatic amines is 1. The Morgan fingerprint density at radius 1 is 1.37 bits per heavy atom. The highest BCUT2D eigenvalue weighted by atomic mass is 16.2. The Morgan fingerprint density at radius 3 is 2.74 bits per heavy atom. The van der Waals surface area contributed by atoms with Crippen molar-refractivity contribution in [3.63, 3.8) is 0 Å². The number of aromatic nitrogens is 2. The molecule has 0 aliphatic rings. The van der Waals surface area contributed by atoms with E-state index in [1.54, 1.807) is 0 Å². The number of hydrogen-bond acceptors (Lipinski definition) is 4. The van der Waals surface area contributed by atoms with Crippen molar-refractivity contribution in [3.05, 3.63) is 64.3 Å². The van der Waals surface area contributed by atoms with E-state index >= 15 is 0 Å². The molecule has 0 saturated heterocycles. The number of hydrogen-bond donors (Lipinski definition) is 3. The van der Waals surface area contributed by atoms with Crippen molar-refractivity contribution in [3.8, 4) is 0 Å². The molecule has 1 amide bonds. The maximum absolute atomic E-state index is 11.7. The van der Waals surface area contributed by atoms with Crippen molar-refractivity contribution < 1.29 is 4.79 Å². The highest BCUT2D eigenvalue weighted by Gasteiger charge is 2.10. The molecular formula is C13H14N4O2. The van der Waals surface area contributed by atoms with Crippen LogP contribution in [0.4, 0.5) is 0 Å². The van der Waals surface area contributed by atoms with Crippen LogP contribution < -0.4 is 16.6 Å². The van der Waals surface area contributed by atoms with Gasteiger partial charge in [-0.25, -0.2) is 4.98 Å². The van der Waals surface area contributed by atoms with Gasteiger partial charge in [-0.05, 0) is 5.56 Å². The van der Waals surface area contributed by atoms with Gasteiger partial charge in [0.2, 0.25) is 0 Å². The van der Waals surface area contributed by atoms with Crippen molar-refractivity contribution in [2.75, 3.05) is 6.54 Å². The summed E-state index contributed by atoms with van der Waals surface area (Å²) in [6, 6.07) is 9.19. The predicted octanol–water partition coefficient (Wildman–Crippen LogP) is 0.200. The van der Waals surface area contributed by atoms with Crippen molar-refractivity contribution in [1.82, 2.24) is 15.3 Å². The highest BCUT2D eigenvalue weighted by Crippen LogP contribution is 2.07. The second kappa shape index (κ2) is 5.92. The minimum absolute atomic E-state index is 0.153. The molecule has 0 saturated carbocycles. The maximum Gasteiger partial charge on any atom is 0.271 e. The number of nitrogens with zero attached hydrogens (tertiary/aromatic N) is 1. The Hall–Kier alpha value is -2.47. The topological polar surface area (TPSA) is 101 Å². The predicted molar refractivity (Wildman–Crippen MR) is 70.6 cm³/mol. The van der Waals surface area contributed by atoms with Crippen LogP contribution in [0.1, 0.15) is 22.1 Å². The zero-order valence-electron chi connectivity index (χ0n) is 10.2. The van der Waals surface area contributed by atoms with Gasteiger partial charge >= 0.3 is 0 Å². The van der Waals surface area contributed by atoms with Crippen molar-refractivity contribution in [1.29, 1.82) is 0 Å². The quantitative estimate of drug-likeness (QED) is 0.729. The first-order valence-electron chi connectivity index (χ1n) is 5.80. The lowest BCUT2D eigenvalue weighted by molar-refractivity contribution is 0.0945. The summed E-state index contributed by atoms with van der Waals surface area (Å²) < 4.78 is 0. The molecule has 19 heavy (non-hydrogen) atoms. The van der Waals surface area contributed by atoms with Gasteiger partial charge in [0, 0.05) is 18.8 Å². The molecule has 4 N–H and O–H groups in total. The molecule has 1 atom stereocenters. The number of benzene rings is 1. The van der Waals surface area contributed by atoms with E-state index in [1.807, 2.05) is 30.3 Å². The molecule has 0 bridgehead atoms. The van der Waals surface area contributed by atoms with Crippen LogP contribution >= 0.6 is 0 Å². The molecule has 0 spiro atoms. The van der Waals surface area contributed by atoms with Gasteiger partial charge in [0.1, 0.15) is 5.69 Å². The minimum Gasteiger partial charge on any atom is -0.349 e. The number of amides is 1. The monoisotopic (exact) mass is 258 g/mol. The summed E-state index contributed by atoms with van der Waals surface area (Å²) >= 11 is 0. The summed E-state index contributed by atoms with van der Waals surface area (Å²) in [5.41, 5.74) is 6.70. The first-order valence-corrected chi connectivity index (χ1v) is 5.80. The molecule has 0 aliphatic heterocycles. The molecule has 2 aromatic rings.